The number of benzene rings is 1. The maximum atomic E-state index is 11.9. The summed E-state index contributed by atoms with van der Waals surface area (Å²) in [5.74, 6) is 0.438. The van der Waals surface area contributed by atoms with Crippen LogP contribution in [0.4, 0.5) is 5.69 Å². The van der Waals surface area contributed by atoms with Crippen LogP contribution in [0.25, 0.3) is 0 Å². The van der Waals surface area contributed by atoms with Crippen molar-refractivity contribution in [3.63, 3.8) is 0 Å². The molecule has 114 valence electrons. The Morgan fingerprint density at radius 2 is 2.24 bits per heavy atom. The number of anilines is 1. The molecule has 0 saturated heterocycles. The highest BCUT2D eigenvalue weighted by atomic mass is 16.5. The van der Waals surface area contributed by atoms with Crippen LogP contribution in [0.3, 0.4) is 0 Å². The van der Waals surface area contributed by atoms with Crippen LogP contribution in [0.15, 0.2) is 24.3 Å². The zero-order valence-electron chi connectivity index (χ0n) is 12.3. The topological polar surface area (TPSA) is 67.9 Å². The molecule has 1 heterocycles. The molecule has 1 atom stereocenters. The van der Waals surface area contributed by atoms with E-state index in [-0.39, 0.29) is 30.9 Å². The molecule has 0 aliphatic carbocycles. The van der Waals surface area contributed by atoms with E-state index >= 15 is 0 Å². The number of hydrogen-bond donors (Lipinski definition) is 1. The minimum atomic E-state index is -0.133. The van der Waals surface area contributed by atoms with Gasteiger partial charge in [0.1, 0.15) is 5.75 Å². The Morgan fingerprint density at radius 1 is 1.48 bits per heavy atom. The van der Waals surface area contributed by atoms with Gasteiger partial charge in [0.2, 0.25) is 5.91 Å². The number of carbonyl (C=O) groups is 2. The van der Waals surface area contributed by atoms with Crippen LogP contribution in [-0.4, -0.2) is 44.7 Å². The Hall–Kier alpha value is -2.08. The summed E-state index contributed by atoms with van der Waals surface area (Å²) in [6.07, 6.45) is 0.244. The molecule has 1 N–H and O–H groups in total. The van der Waals surface area contributed by atoms with E-state index in [0.29, 0.717) is 24.6 Å². The predicted molar refractivity (Wildman–Crippen MR) is 78.4 cm³/mol. The Bertz CT molecular complexity index is 518. The number of amides is 2. The molecule has 6 heteroatoms. The molecule has 1 aliphatic heterocycles. The van der Waals surface area contributed by atoms with Gasteiger partial charge in [-0.25, -0.2) is 0 Å². The Labute approximate surface area is 124 Å². The molecule has 0 radical (unpaired) electrons. The summed E-state index contributed by atoms with van der Waals surface area (Å²) in [4.78, 5) is 25.4. The summed E-state index contributed by atoms with van der Waals surface area (Å²) in [6, 6.07) is 7.28. The third-order valence-corrected chi connectivity index (χ3v) is 3.19. The number of methoxy groups -OCH3 is 1. The standard InChI is InChI=1S/C15H20N2O4/c1-11(9-20-2)16-14(18)7-8-17-12-5-3-4-6-13(12)21-10-15(17)19/h3-6,11H,7-10H2,1-2H3,(H,16,18). The van der Waals surface area contributed by atoms with Crippen molar-refractivity contribution < 1.29 is 19.1 Å². The van der Waals surface area contributed by atoms with Crippen LogP contribution in [0, 0.1) is 0 Å². The highest BCUT2D eigenvalue weighted by molar-refractivity contribution is 5.98. The van der Waals surface area contributed by atoms with Crippen molar-refractivity contribution in [3.8, 4) is 5.75 Å². The second-order valence-electron chi connectivity index (χ2n) is 4.98. The molecule has 2 amide bonds. The van der Waals surface area contributed by atoms with Gasteiger partial charge in [-0.3, -0.25) is 9.59 Å². The van der Waals surface area contributed by atoms with Gasteiger partial charge in [0, 0.05) is 26.1 Å². The van der Waals surface area contributed by atoms with E-state index < -0.39 is 0 Å². The van der Waals surface area contributed by atoms with Crippen LogP contribution in [0.1, 0.15) is 13.3 Å². The largest absolute Gasteiger partial charge is 0.482 e. The van der Waals surface area contributed by atoms with Crippen LogP contribution in [-0.2, 0) is 14.3 Å². The number of rotatable bonds is 6. The molecule has 21 heavy (non-hydrogen) atoms. The van der Waals surface area contributed by atoms with Crippen molar-refractivity contribution >= 4 is 17.5 Å². The van der Waals surface area contributed by atoms with E-state index in [1.807, 2.05) is 31.2 Å². The third kappa shape index (κ3) is 3.95. The lowest BCUT2D eigenvalue weighted by molar-refractivity contribution is -0.122. The maximum Gasteiger partial charge on any atom is 0.265 e. The van der Waals surface area contributed by atoms with E-state index in [0.717, 1.165) is 0 Å². The van der Waals surface area contributed by atoms with E-state index in [4.69, 9.17) is 9.47 Å². The van der Waals surface area contributed by atoms with E-state index in [1.165, 1.54) is 0 Å². The molecule has 0 fully saturated rings. The zero-order valence-corrected chi connectivity index (χ0v) is 12.3. The molecule has 0 bridgehead atoms. The van der Waals surface area contributed by atoms with E-state index in [2.05, 4.69) is 5.32 Å². The van der Waals surface area contributed by atoms with Gasteiger partial charge in [-0.15, -0.1) is 0 Å². The van der Waals surface area contributed by atoms with Crippen molar-refractivity contribution in [2.24, 2.45) is 0 Å². The van der Waals surface area contributed by atoms with Crippen molar-refractivity contribution in [2.75, 3.05) is 31.8 Å². The highest BCUT2D eigenvalue weighted by Gasteiger charge is 2.25. The summed E-state index contributed by atoms with van der Waals surface area (Å²) >= 11 is 0. The molecule has 1 unspecified atom stereocenters. The van der Waals surface area contributed by atoms with Gasteiger partial charge >= 0.3 is 0 Å². The zero-order chi connectivity index (χ0) is 15.2. The van der Waals surface area contributed by atoms with Crippen LogP contribution >= 0.6 is 0 Å². The molecular weight excluding hydrogens is 272 g/mol. The maximum absolute atomic E-state index is 11.9. The van der Waals surface area contributed by atoms with Gasteiger partial charge < -0.3 is 19.7 Å². The van der Waals surface area contributed by atoms with E-state index in [9.17, 15) is 9.59 Å². The normalized spacial score (nSPS) is 15.1. The van der Waals surface area contributed by atoms with E-state index in [1.54, 1.807) is 12.0 Å². The number of carbonyl (C=O) groups excluding carboxylic acids is 2. The summed E-state index contributed by atoms with van der Waals surface area (Å²) in [7, 11) is 1.59. The van der Waals surface area contributed by atoms with Gasteiger partial charge in [0.25, 0.3) is 5.91 Å². The quantitative estimate of drug-likeness (QED) is 0.848. The second kappa shape index (κ2) is 7.08. The lowest BCUT2D eigenvalue weighted by Gasteiger charge is -2.29. The third-order valence-electron chi connectivity index (χ3n) is 3.19. The average Bonchev–Trinajstić information content (AvgIpc) is 2.46. The first kappa shape index (κ1) is 15.3. The van der Waals surface area contributed by atoms with Crippen molar-refractivity contribution in [1.82, 2.24) is 5.32 Å². The van der Waals surface area contributed by atoms with Crippen LogP contribution < -0.4 is 15.0 Å². The van der Waals surface area contributed by atoms with Crippen LogP contribution in [0.2, 0.25) is 0 Å². The molecule has 2 rings (SSSR count). The van der Waals surface area contributed by atoms with Crippen LogP contribution in [0.5, 0.6) is 5.75 Å². The molecule has 1 aromatic rings. The fraction of sp³-hybridized carbons (Fsp3) is 0.467. The fourth-order valence-corrected chi connectivity index (χ4v) is 2.25. The molecule has 1 aliphatic rings. The minimum absolute atomic E-state index is 0.0126. The second-order valence-corrected chi connectivity index (χ2v) is 4.98. The number of nitrogens with zero attached hydrogens (tertiary/aromatic N) is 1. The fourth-order valence-electron chi connectivity index (χ4n) is 2.25. The number of fused-ring (bicyclic) bond motifs is 1. The molecule has 0 saturated carbocycles. The summed E-state index contributed by atoms with van der Waals surface area (Å²) in [6.45, 7) is 2.69. The first-order valence-corrected chi connectivity index (χ1v) is 6.92. The number of ether oxygens (including phenoxy) is 2. The van der Waals surface area contributed by atoms with Crippen molar-refractivity contribution in [1.29, 1.82) is 0 Å². The van der Waals surface area contributed by atoms with Gasteiger partial charge in [-0.1, -0.05) is 12.1 Å². The monoisotopic (exact) mass is 292 g/mol. The number of hydrogen-bond acceptors (Lipinski definition) is 4. The lowest BCUT2D eigenvalue weighted by Crippen LogP contribution is -2.42. The summed E-state index contributed by atoms with van der Waals surface area (Å²) < 4.78 is 10.3. The molecule has 6 nitrogen and oxygen atoms in total. The highest BCUT2D eigenvalue weighted by Crippen LogP contribution is 2.31. The first-order valence-electron chi connectivity index (χ1n) is 6.92. The Morgan fingerprint density at radius 3 is 3.00 bits per heavy atom. The van der Waals surface area contributed by atoms with Gasteiger partial charge in [0.15, 0.2) is 6.61 Å². The lowest BCUT2D eigenvalue weighted by atomic mass is 10.2. The van der Waals surface area contributed by atoms with Gasteiger partial charge in [0.05, 0.1) is 12.3 Å². The summed E-state index contributed by atoms with van der Waals surface area (Å²) in [5, 5.41) is 2.83. The van der Waals surface area contributed by atoms with Crippen molar-refractivity contribution in [2.45, 2.75) is 19.4 Å². The molecule has 0 aromatic heterocycles. The minimum Gasteiger partial charge on any atom is -0.482 e. The first-order chi connectivity index (χ1) is 10.1. The predicted octanol–water partition coefficient (Wildman–Crippen LogP) is 0.953. The number of nitrogens with one attached hydrogen (secondary N) is 1. The van der Waals surface area contributed by atoms with Gasteiger partial charge in [-0.2, -0.15) is 0 Å². The molecule has 0 spiro atoms. The summed E-state index contributed by atoms with van der Waals surface area (Å²) in [5.41, 5.74) is 0.714. The molecule has 1 aromatic carbocycles. The average molecular weight is 292 g/mol. The SMILES string of the molecule is COCC(C)NC(=O)CCN1C(=O)COc2ccccc21. The molecular formula is C15H20N2O4. The Kier molecular flexibility index (Phi) is 5.16. The van der Waals surface area contributed by atoms with Gasteiger partial charge in [-0.05, 0) is 19.1 Å². The smallest absolute Gasteiger partial charge is 0.265 e. The number of para-hydroxylation sites is 2. The Balaban J connectivity index is 1.93. The van der Waals surface area contributed by atoms with Crippen molar-refractivity contribution in [3.05, 3.63) is 24.3 Å².